The van der Waals surface area contributed by atoms with Gasteiger partial charge in [0.15, 0.2) is 0 Å². The number of rotatable bonds is 5. The Bertz CT molecular complexity index is 293. The molecule has 17 heavy (non-hydrogen) atoms. The van der Waals surface area contributed by atoms with Crippen molar-refractivity contribution in [2.75, 3.05) is 0 Å². The van der Waals surface area contributed by atoms with Gasteiger partial charge in [-0.3, -0.25) is 4.79 Å². The fraction of sp³-hybridized carbons (Fsp3) is 0.833. The lowest BCUT2D eigenvalue weighted by Gasteiger charge is -2.31. The summed E-state index contributed by atoms with van der Waals surface area (Å²) in [6.45, 7) is 8.84. The molecular weight excluding hydrogens is 220 g/mol. The average Bonchev–Trinajstić information content (AvgIpc) is 2.10. The SMILES string of the molecule is CCCC(C)(N)C(=O)NC(C(=O)O)C(C)(C)C. The van der Waals surface area contributed by atoms with Crippen LogP contribution in [0.15, 0.2) is 0 Å². The Morgan fingerprint density at radius 2 is 1.76 bits per heavy atom. The summed E-state index contributed by atoms with van der Waals surface area (Å²) in [5, 5.41) is 11.6. The zero-order valence-corrected chi connectivity index (χ0v) is 11.3. The Morgan fingerprint density at radius 3 is 2.06 bits per heavy atom. The minimum atomic E-state index is -1.04. The van der Waals surface area contributed by atoms with Gasteiger partial charge in [-0.2, -0.15) is 0 Å². The first-order valence-corrected chi connectivity index (χ1v) is 5.85. The number of amides is 1. The van der Waals surface area contributed by atoms with Crippen molar-refractivity contribution in [3.63, 3.8) is 0 Å². The van der Waals surface area contributed by atoms with Gasteiger partial charge >= 0.3 is 5.97 Å². The van der Waals surface area contributed by atoms with Gasteiger partial charge in [-0.1, -0.05) is 34.1 Å². The molecular formula is C12H24N2O3. The quantitative estimate of drug-likeness (QED) is 0.675. The lowest BCUT2D eigenvalue weighted by molar-refractivity contribution is -0.145. The van der Waals surface area contributed by atoms with Crippen molar-refractivity contribution in [2.24, 2.45) is 11.1 Å². The van der Waals surface area contributed by atoms with Crippen LogP contribution in [0.4, 0.5) is 0 Å². The maximum atomic E-state index is 11.9. The minimum Gasteiger partial charge on any atom is -0.480 e. The van der Waals surface area contributed by atoms with E-state index >= 15 is 0 Å². The monoisotopic (exact) mass is 244 g/mol. The third-order valence-corrected chi connectivity index (χ3v) is 2.68. The van der Waals surface area contributed by atoms with E-state index in [0.717, 1.165) is 6.42 Å². The van der Waals surface area contributed by atoms with Crippen LogP contribution in [0.3, 0.4) is 0 Å². The molecule has 0 aliphatic carbocycles. The van der Waals surface area contributed by atoms with E-state index in [-0.39, 0.29) is 0 Å². The van der Waals surface area contributed by atoms with Crippen LogP contribution in [-0.4, -0.2) is 28.6 Å². The summed E-state index contributed by atoms with van der Waals surface area (Å²) in [6.07, 6.45) is 1.29. The number of carboxylic acids is 1. The summed E-state index contributed by atoms with van der Waals surface area (Å²) in [5.74, 6) is -1.46. The highest BCUT2D eigenvalue weighted by atomic mass is 16.4. The molecule has 0 aromatic rings. The predicted molar refractivity (Wildman–Crippen MR) is 66.5 cm³/mol. The highest BCUT2D eigenvalue weighted by Crippen LogP contribution is 2.20. The molecule has 1 amide bonds. The second-order valence-electron chi connectivity index (χ2n) is 5.78. The number of carboxylic acid groups (broad SMARTS) is 1. The van der Waals surface area contributed by atoms with Crippen LogP contribution in [0.1, 0.15) is 47.5 Å². The van der Waals surface area contributed by atoms with Crippen molar-refractivity contribution in [1.29, 1.82) is 0 Å². The molecule has 2 atom stereocenters. The number of nitrogens with two attached hydrogens (primary N) is 1. The van der Waals surface area contributed by atoms with Gasteiger partial charge in [0.25, 0.3) is 0 Å². The topological polar surface area (TPSA) is 92.4 Å². The van der Waals surface area contributed by atoms with Gasteiger partial charge in [-0.15, -0.1) is 0 Å². The number of hydrogen-bond acceptors (Lipinski definition) is 3. The van der Waals surface area contributed by atoms with Gasteiger partial charge in [0.05, 0.1) is 5.54 Å². The largest absolute Gasteiger partial charge is 0.480 e. The number of carbonyl (C=O) groups is 2. The van der Waals surface area contributed by atoms with Crippen LogP contribution in [-0.2, 0) is 9.59 Å². The normalized spacial score (nSPS) is 17.1. The summed E-state index contributed by atoms with van der Waals surface area (Å²) < 4.78 is 0. The third-order valence-electron chi connectivity index (χ3n) is 2.68. The molecule has 0 aliphatic heterocycles. The molecule has 5 nitrogen and oxygen atoms in total. The first kappa shape index (κ1) is 15.9. The Morgan fingerprint density at radius 1 is 1.29 bits per heavy atom. The molecule has 5 heteroatoms. The summed E-state index contributed by atoms with van der Waals surface area (Å²) in [7, 11) is 0. The van der Waals surface area contributed by atoms with Gasteiger partial charge in [-0.25, -0.2) is 4.79 Å². The number of aliphatic carboxylic acids is 1. The first-order chi connectivity index (χ1) is 7.52. The zero-order chi connectivity index (χ0) is 13.9. The smallest absolute Gasteiger partial charge is 0.326 e. The Kier molecular flexibility index (Phi) is 5.13. The Labute approximate surface area is 103 Å². The highest BCUT2D eigenvalue weighted by molar-refractivity contribution is 5.89. The van der Waals surface area contributed by atoms with E-state index in [1.807, 2.05) is 6.92 Å². The maximum absolute atomic E-state index is 11.9. The minimum absolute atomic E-state index is 0.415. The lowest BCUT2D eigenvalue weighted by atomic mass is 9.85. The third kappa shape index (κ3) is 4.73. The molecule has 0 saturated carbocycles. The molecule has 0 rings (SSSR count). The fourth-order valence-electron chi connectivity index (χ4n) is 1.58. The van der Waals surface area contributed by atoms with E-state index < -0.39 is 28.9 Å². The van der Waals surface area contributed by atoms with Crippen LogP contribution in [0, 0.1) is 5.41 Å². The van der Waals surface area contributed by atoms with Crippen LogP contribution < -0.4 is 11.1 Å². The van der Waals surface area contributed by atoms with E-state index in [2.05, 4.69) is 5.32 Å². The molecule has 0 aromatic heterocycles. The molecule has 0 bridgehead atoms. The fourth-order valence-corrected chi connectivity index (χ4v) is 1.58. The zero-order valence-electron chi connectivity index (χ0n) is 11.3. The number of carbonyl (C=O) groups excluding carboxylic acids is 1. The van der Waals surface area contributed by atoms with Gasteiger partial charge in [0.2, 0.25) is 5.91 Å². The maximum Gasteiger partial charge on any atom is 0.326 e. The van der Waals surface area contributed by atoms with Gasteiger partial charge in [0.1, 0.15) is 6.04 Å². The second-order valence-corrected chi connectivity index (χ2v) is 5.78. The Hall–Kier alpha value is -1.10. The molecule has 0 heterocycles. The molecule has 100 valence electrons. The Balaban J connectivity index is 4.80. The van der Waals surface area contributed by atoms with E-state index in [0.29, 0.717) is 6.42 Å². The lowest BCUT2D eigenvalue weighted by Crippen LogP contribution is -2.58. The molecule has 0 aliphatic rings. The number of hydrogen-bond donors (Lipinski definition) is 3. The van der Waals surface area contributed by atoms with Crippen molar-refractivity contribution in [1.82, 2.24) is 5.32 Å². The van der Waals surface area contributed by atoms with Crippen molar-refractivity contribution in [3.8, 4) is 0 Å². The average molecular weight is 244 g/mol. The highest BCUT2D eigenvalue weighted by Gasteiger charge is 2.36. The summed E-state index contributed by atoms with van der Waals surface area (Å²) in [5.41, 5.74) is 4.29. The van der Waals surface area contributed by atoms with Crippen LogP contribution >= 0.6 is 0 Å². The summed E-state index contributed by atoms with van der Waals surface area (Å²) in [6, 6.07) is -0.935. The van der Waals surface area contributed by atoms with E-state index in [1.54, 1.807) is 27.7 Å². The molecule has 2 unspecified atom stereocenters. The first-order valence-electron chi connectivity index (χ1n) is 5.85. The molecule has 0 spiro atoms. The van der Waals surface area contributed by atoms with Crippen molar-refractivity contribution < 1.29 is 14.7 Å². The van der Waals surface area contributed by atoms with Crippen LogP contribution in [0.2, 0.25) is 0 Å². The molecule has 0 radical (unpaired) electrons. The summed E-state index contributed by atoms with van der Waals surface area (Å²) in [4.78, 5) is 23.0. The molecule has 4 N–H and O–H groups in total. The van der Waals surface area contributed by atoms with E-state index in [9.17, 15) is 9.59 Å². The van der Waals surface area contributed by atoms with E-state index in [4.69, 9.17) is 10.8 Å². The summed E-state index contributed by atoms with van der Waals surface area (Å²) >= 11 is 0. The van der Waals surface area contributed by atoms with E-state index in [1.165, 1.54) is 0 Å². The van der Waals surface area contributed by atoms with Crippen LogP contribution in [0.25, 0.3) is 0 Å². The van der Waals surface area contributed by atoms with Gasteiger partial charge in [0, 0.05) is 0 Å². The number of nitrogens with one attached hydrogen (secondary N) is 1. The van der Waals surface area contributed by atoms with Gasteiger partial charge in [-0.05, 0) is 18.8 Å². The predicted octanol–water partition coefficient (Wildman–Crippen LogP) is 1.12. The van der Waals surface area contributed by atoms with Crippen molar-refractivity contribution >= 4 is 11.9 Å². The van der Waals surface area contributed by atoms with Crippen molar-refractivity contribution in [2.45, 2.75) is 59.0 Å². The molecule has 0 fully saturated rings. The van der Waals surface area contributed by atoms with Crippen molar-refractivity contribution in [3.05, 3.63) is 0 Å². The molecule has 0 saturated heterocycles. The van der Waals surface area contributed by atoms with Crippen LogP contribution in [0.5, 0.6) is 0 Å². The van der Waals surface area contributed by atoms with Gasteiger partial charge < -0.3 is 16.2 Å². The molecule has 0 aromatic carbocycles. The standard InChI is InChI=1S/C12H24N2O3/c1-6-7-12(5,13)10(17)14-8(9(15)16)11(2,3)4/h8H,6-7,13H2,1-5H3,(H,14,17)(H,15,16). The second kappa shape index (κ2) is 5.49.